The van der Waals surface area contributed by atoms with Crippen LogP contribution >= 0.6 is 11.6 Å². The summed E-state index contributed by atoms with van der Waals surface area (Å²) >= 11 is 5.85. The van der Waals surface area contributed by atoms with Gasteiger partial charge in [-0.3, -0.25) is 14.6 Å². The van der Waals surface area contributed by atoms with Crippen molar-refractivity contribution in [1.82, 2.24) is 9.80 Å². The summed E-state index contributed by atoms with van der Waals surface area (Å²) in [5.41, 5.74) is 3.05. The van der Waals surface area contributed by atoms with Crippen LogP contribution in [0, 0.1) is 5.82 Å². The molecule has 0 unspecified atom stereocenters. The molecule has 4 nitrogen and oxygen atoms in total. The van der Waals surface area contributed by atoms with E-state index in [0.717, 1.165) is 56.0 Å². The van der Waals surface area contributed by atoms with Gasteiger partial charge in [0.25, 0.3) is 0 Å². The van der Waals surface area contributed by atoms with Crippen LogP contribution in [-0.4, -0.2) is 48.4 Å². The van der Waals surface area contributed by atoms with Gasteiger partial charge in [0, 0.05) is 38.4 Å². The lowest BCUT2D eigenvalue weighted by atomic mass is 10.1. The first-order chi connectivity index (χ1) is 13.0. The molecule has 6 heteroatoms. The smallest absolute Gasteiger partial charge is 0.238 e. The molecule has 1 fully saturated rings. The minimum absolute atomic E-state index is 0.0228. The molecule has 1 amide bonds. The number of nitrogens with zero attached hydrogens (tertiary/aromatic N) is 2. The van der Waals surface area contributed by atoms with Crippen molar-refractivity contribution < 1.29 is 9.18 Å². The highest BCUT2D eigenvalue weighted by molar-refractivity contribution is 6.30. The van der Waals surface area contributed by atoms with Crippen molar-refractivity contribution in [3.8, 4) is 0 Å². The Bertz CT molecular complexity index is 791. The number of carbonyl (C=O) groups is 1. The summed E-state index contributed by atoms with van der Waals surface area (Å²) < 4.78 is 13.3. The third kappa shape index (κ3) is 5.51. The van der Waals surface area contributed by atoms with E-state index in [9.17, 15) is 9.18 Å². The van der Waals surface area contributed by atoms with E-state index in [-0.39, 0.29) is 16.7 Å². The van der Waals surface area contributed by atoms with Gasteiger partial charge in [0.05, 0.1) is 11.6 Å². The third-order valence-corrected chi connectivity index (χ3v) is 5.18. The van der Waals surface area contributed by atoms with Crippen LogP contribution in [0.2, 0.25) is 5.02 Å². The Labute approximate surface area is 164 Å². The summed E-state index contributed by atoms with van der Waals surface area (Å²) in [6.45, 7) is 6.62. The fraction of sp³-hybridized carbons (Fsp3) is 0.381. The zero-order valence-corrected chi connectivity index (χ0v) is 16.3. The number of anilines is 1. The van der Waals surface area contributed by atoms with Gasteiger partial charge in [-0.05, 0) is 35.7 Å². The number of piperazine rings is 1. The monoisotopic (exact) mass is 389 g/mol. The lowest BCUT2D eigenvalue weighted by Crippen LogP contribution is -2.48. The second-order valence-electron chi connectivity index (χ2n) is 6.86. The molecule has 3 rings (SSSR count). The molecular formula is C21H25ClFN3O. The van der Waals surface area contributed by atoms with Crippen LogP contribution in [0.15, 0.2) is 42.5 Å². The molecule has 0 saturated carbocycles. The van der Waals surface area contributed by atoms with Crippen LogP contribution in [0.4, 0.5) is 10.1 Å². The number of amides is 1. The minimum atomic E-state index is -0.388. The SMILES string of the molecule is CCc1ccccc1NC(=O)CN1CCN(Cc2ccc(F)c(Cl)c2)CC1. The van der Waals surface area contributed by atoms with Gasteiger partial charge in [-0.1, -0.05) is 42.8 Å². The Morgan fingerprint density at radius 2 is 1.81 bits per heavy atom. The molecule has 0 radical (unpaired) electrons. The maximum atomic E-state index is 13.3. The van der Waals surface area contributed by atoms with Crippen LogP contribution in [0.25, 0.3) is 0 Å². The van der Waals surface area contributed by atoms with Gasteiger partial charge < -0.3 is 5.32 Å². The Hall–Kier alpha value is -1.95. The molecule has 2 aromatic carbocycles. The molecule has 2 aromatic rings. The molecule has 1 heterocycles. The number of rotatable bonds is 6. The summed E-state index contributed by atoms with van der Waals surface area (Å²) in [6.07, 6.45) is 0.891. The van der Waals surface area contributed by atoms with E-state index in [0.29, 0.717) is 6.54 Å². The van der Waals surface area contributed by atoms with E-state index in [1.54, 1.807) is 12.1 Å². The minimum Gasteiger partial charge on any atom is -0.325 e. The Kier molecular flexibility index (Phi) is 6.83. The summed E-state index contributed by atoms with van der Waals surface area (Å²) in [4.78, 5) is 16.8. The van der Waals surface area contributed by atoms with Crippen molar-refractivity contribution in [2.45, 2.75) is 19.9 Å². The van der Waals surface area contributed by atoms with Crippen molar-refractivity contribution in [3.63, 3.8) is 0 Å². The number of hydrogen-bond acceptors (Lipinski definition) is 3. The van der Waals surface area contributed by atoms with Gasteiger partial charge in [0.2, 0.25) is 5.91 Å². The van der Waals surface area contributed by atoms with E-state index >= 15 is 0 Å². The number of aryl methyl sites for hydroxylation is 1. The molecular weight excluding hydrogens is 365 g/mol. The van der Waals surface area contributed by atoms with Crippen LogP contribution in [-0.2, 0) is 17.8 Å². The van der Waals surface area contributed by atoms with E-state index in [1.807, 2.05) is 24.3 Å². The van der Waals surface area contributed by atoms with Gasteiger partial charge in [0.15, 0.2) is 0 Å². The Morgan fingerprint density at radius 1 is 1.11 bits per heavy atom. The largest absolute Gasteiger partial charge is 0.325 e. The molecule has 0 aliphatic carbocycles. The third-order valence-electron chi connectivity index (χ3n) is 4.89. The predicted molar refractivity (Wildman–Crippen MR) is 108 cm³/mol. The molecule has 1 saturated heterocycles. The fourth-order valence-electron chi connectivity index (χ4n) is 3.35. The number of hydrogen-bond donors (Lipinski definition) is 1. The van der Waals surface area contributed by atoms with Gasteiger partial charge in [0.1, 0.15) is 5.82 Å². The Balaban J connectivity index is 1.46. The van der Waals surface area contributed by atoms with E-state index in [2.05, 4.69) is 22.0 Å². The second kappa shape index (κ2) is 9.31. The van der Waals surface area contributed by atoms with E-state index in [4.69, 9.17) is 11.6 Å². The molecule has 0 atom stereocenters. The molecule has 1 aliphatic rings. The maximum absolute atomic E-state index is 13.3. The molecule has 144 valence electrons. The van der Waals surface area contributed by atoms with E-state index < -0.39 is 0 Å². The average Bonchev–Trinajstić information content (AvgIpc) is 2.67. The van der Waals surface area contributed by atoms with Crippen molar-refractivity contribution in [3.05, 3.63) is 64.4 Å². The summed E-state index contributed by atoms with van der Waals surface area (Å²) in [5, 5.41) is 3.19. The van der Waals surface area contributed by atoms with Gasteiger partial charge in [-0.15, -0.1) is 0 Å². The lowest BCUT2D eigenvalue weighted by molar-refractivity contribution is -0.117. The summed E-state index contributed by atoms with van der Waals surface area (Å²) in [5.74, 6) is -0.365. The normalized spacial score (nSPS) is 15.7. The van der Waals surface area contributed by atoms with Gasteiger partial charge in [-0.25, -0.2) is 4.39 Å². The number of benzene rings is 2. The van der Waals surface area contributed by atoms with Gasteiger partial charge in [-0.2, -0.15) is 0 Å². The van der Waals surface area contributed by atoms with Crippen molar-refractivity contribution in [2.75, 3.05) is 38.0 Å². The van der Waals surface area contributed by atoms with Crippen molar-refractivity contribution in [2.24, 2.45) is 0 Å². The summed E-state index contributed by atoms with van der Waals surface area (Å²) in [7, 11) is 0. The number of carbonyl (C=O) groups excluding carboxylic acids is 1. The highest BCUT2D eigenvalue weighted by Crippen LogP contribution is 2.18. The summed E-state index contributed by atoms with van der Waals surface area (Å²) in [6, 6.07) is 12.8. The molecule has 0 aromatic heterocycles. The van der Waals surface area contributed by atoms with Crippen LogP contribution < -0.4 is 5.32 Å². The average molecular weight is 390 g/mol. The zero-order valence-electron chi connectivity index (χ0n) is 15.5. The molecule has 1 N–H and O–H groups in total. The van der Waals surface area contributed by atoms with E-state index in [1.165, 1.54) is 6.07 Å². The first kappa shape index (κ1) is 19.8. The fourth-order valence-corrected chi connectivity index (χ4v) is 3.55. The zero-order chi connectivity index (χ0) is 19.2. The second-order valence-corrected chi connectivity index (χ2v) is 7.27. The molecule has 27 heavy (non-hydrogen) atoms. The van der Waals surface area contributed by atoms with Crippen LogP contribution in [0.5, 0.6) is 0 Å². The number of halogens is 2. The van der Waals surface area contributed by atoms with Crippen molar-refractivity contribution >= 4 is 23.2 Å². The predicted octanol–water partition coefficient (Wildman–Crippen LogP) is 3.80. The standard InChI is InChI=1S/C21H25ClFN3O/c1-2-17-5-3-4-6-20(17)24-21(27)15-26-11-9-25(10-12-26)14-16-7-8-19(23)18(22)13-16/h3-8,13H,2,9-12,14-15H2,1H3,(H,24,27). The maximum Gasteiger partial charge on any atom is 0.238 e. The highest BCUT2D eigenvalue weighted by Gasteiger charge is 2.19. The molecule has 0 bridgehead atoms. The Morgan fingerprint density at radius 3 is 2.52 bits per heavy atom. The van der Waals surface area contributed by atoms with Crippen LogP contribution in [0.1, 0.15) is 18.1 Å². The topological polar surface area (TPSA) is 35.6 Å². The quantitative estimate of drug-likeness (QED) is 0.816. The van der Waals surface area contributed by atoms with Crippen LogP contribution in [0.3, 0.4) is 0 Å². The van der Waals surface area contributed by atoms with Crippen molar-refractivity contribution in [1.29, 1.82) is 0 Å². The first-order valence-corrected chi connectivity index (χ1v) is 9.69. The van der Waals surface area contributed by atoms with Gasteiger partial charge >= 0.3 is 0 Å². The first-order valence-electron chi connectivity index (χ1n) is 9.31. The molecule has 1 aliphatic heterocycles. The number of nitrogens with one attached hydrogen (secondary N) is 1. The molecule has 0 spiro atoms. The number of para-hydroxylation sites is 1. The lowest BCUT2D eigenvalue weighted by Gasteiger charge is -2.34. The highest BCUT2D eigenvalue weighted by atomic mass is 35.5.